The van der Waals surface area contributed by atoms with E-state index in [0.717, 1.165) is 0 Å². The van der Waals surface area contributed by atoms with Gasteiger partial charge in [-0.1, -0.05) is 39.8 Å². The Hall–Kier alpha value is -0.580. The minimum atomic E-state index is -3.20. The van der Waals surface area contributed by atoms with Gasteiger partial charge in [0.05, 0.1) is 5.71 Å². The first-order valence-corrected chi connectivity index (χ1v) is 6.86. The van der Waals surface area contributed by atoms with Crippen LogP contribution in [-0.2, 0) is 9.84 Å². The normalized spacial score (nSPS) is 16.5. The predicted molar refractivity (Wildman–Crippen MR) is 62.2 cm³/mol. The highest BCUT2D eigenvalue weighted by Crippen LogP contribution is 2.24. The van der Waals surface area contributed by atoms with Crippen molar-refractivity contribution in [2.24, 2.45) is 10.6 Å². The quantitative estimate of drug-likeness (QED) is 0.461. The minimum Gasteiger partial charge on any atom is -0.411 e. The highest BCUT2D eigenvalue weighted by atomic mass is 32.2. The van der Waals surface area contributed by atoms with E-state index in [1.54, 1.807) is 13.8 Å². The summed E-state index contributed by atoms with van der Waals surface area (Å²) in [6, 6.07) is 0. The van der Waals surface area contributed by atoms with E-state index in [0.29, 0.717) is 12.1 Å². The summed E-state index contributed by atoms with van der Waals surface area (Å²) in [4.78, 5) is 0. The van der Waals surface area contributed by atoms with Gasteiger partial charge in [0.25, 0.3) is 0 Å². The van der Waals surface area contributed by atoms with Crippen LogP contribution < -0.4 is 0 Å². The van der Waals surface area contributed by atoms with Crippen LogP contribution in [0.1, 0.15) is 41.0 Å². The van der Waals surface area contributed by atoms with E-state index >= 15 is 0 Å². The van der Waals surface area contributed by atoms with E-state index < -0.39 is 20.5 Å². The van der Waals surface area contributed by atoms with Crippen LogP contribution in [0.2, 0.25) is 0 Å². The van der Waals surface area contributed by atoms with Crippen LogP contribution in [0.25, 0.3) is 0 Å². The maximum absolute atomic E-state index is 11.8. The van der Waals surface area contributed by atoms with Gasteiger partial charge in [0.2, 0.25) is 0 Å². The molecule has 15 heavy (non-hydrogen) atoms. The van der Waals surface area contributed by atoms with Gasteiger partial charge in [-0.2, -0.15) is 0 Å². The molecule has 0 saturated carbocycles. The van der Waals surface area contributed by atoms with Gasteiger partial charge >= 0.3 is 0 Å². The SMILES string of the molecule is CC[C@@H](/C(=N\O)C(C)(C)C)S(=O)(=O)CC. The Balaban J connectivity index is 5.33. The molecule has 1 N–H and O–H groups in total. The molecule has 0 aliphatic rings. The monoisotopic (exact) mass is 235 g/mol. The minimum absolute atomic E-state index is 0.0700. The Morgan fingerprint density at radius 3 is 2.00 bits per heavy atom. The molecule has 0 aliphatic carbocycles. The van der Waals surface area contributed by atoms with Crippen LogP contribution in [0.4, 0.5) is 0 Å². The summed E-state index contributed by atoms with van der Waals surface area (Å²) >= 11 is 0. The Labute approximate surface area is 92.3 Å². The molecule has 0 aliphatic heterocycles. The standard InChI is InChI=1S/C10H21NO3S/c1-6-8(15(13,14)7-2)9(11-12)10(3,4)5/h8,12H,6-7H2,1-5H3/b11-9+/t8-/m0/s1. The molecule has 0 aromatic rings. The number of hydrogen-bond donors (Lipinski definition) is 1. The average Bonchev–Trinajstić information content (AvgIpc) is 2.11. The van der Waals surface area contributed by atoms with Crippen LogP contribution in [-0.4, -0.2) is 30.3 Å². The second kappa shape index (κ2) is 4.96. The van der Waals surface area contributed by atoms with Crippen molar-refractivity contribution in [3.63, 3.8) is 0 Å². The molecule has 1 atom stereocenters. The van der Waals surface area contributed by atoms with E-state index in [1.807, 2.05) is 20.8 Å². The summed E-state index contributed by atoms with van der Waals surface area (Å²) in [7, 11) is -3.20. The highest BCUT2D eigenvalue weighted by molar-refractivity contribution is 7.92. The largest absolute Gasteiger partial charge is 0.411 e. The topological polar surface area (TPSA) is 66.7 Å². The zero-order valence-electron chi connectivity index (χ0n) is 10.1. The van der Waals surface area contributed by atoms with E-state index in [1.165, 1.54) is 0 Å². The first-order valence-electron chi connectivity index (χ1n) is 5.14. The molecule has 0 aromatic carbocycles. The first kappa shape index (κ1) is 14.4. The van der Waals surface area contributed by atoms with Gasteiger partial charge in [-0.05, 0) is 6.42 Å². The van der Waals surface area contributed by atoms with Crippen molar-refractivity contribution in [3.8, 4) is 0 Å². The molecule has 90 valence electrons. The fourth-order valence-corrected chi connectivity index (χ4v) is 3.17. The van der Waals surface area contributed by atoms with Gasteiger partial charge in [-0.25, -0.2) is 8.42 Å². The number of oxime groups is 1. The molecule has 0 radical (unpaired) electrons. The lowest BCUT2D eigenvalue weighted by Crippen LogP contribution is -2.38. The molecule has 0 bridgehead atoms. The van der Waals surface area contributed by atoms with Crippen LogP contribution >= 0.6 is 0 Å². The second-order valence-electron chi connectivity index (χ2n) is 4.58. The lowest BCUT2D eigenvalue weighted by atomic mass is 9.87. The predicted octanol–water partition coefficient (Wildman–Crippen LogP) is 2.08. The molecule has 0 rings (SSSR count). The van der Waals surface area contributed by atoms with Crippen molar-refractivity contribution in [1.29, 1.82) is 0 Å². The van der Waals surface area contributed by atoms with E-state index in [-0.39, 0.29) is 5.75 Å². The van der Waals surface area contributed by atoms with E-state index in [2.05, 4.69) is 5.16 Å². The average molecular weight is 235 g/mol. The van der Waals surface area contributed by atoms with Crippen LogP contribution in [0.15, 0.2) is 5.16 Å². The van der Waals surface area contributed by atoms with Crippen LogP contribution in [0, 0.1) is 5.41 Å². The van der Waals surface area contributed by atoms with E-state index in [4.69, 9.17) is 5.21 Å². The van der Waals surface area contributed by atoms with Crippen LogP contribution in [0.5, 0.6) is 0 Å². The third-order valence-electron chi connectivity index (χ3n) is 2.39. The number of hydrogen-bond acceptors (Lipinski definition) is 4. The number of rotatable bonds is 4. The Kier molecular flexibility index (Phi) is 4.77. The van der Waals surface area contributed by atoms with Crippen LogP contribution in [0.3, 0.4) is 0 Å². The Bertz CT molecular complexity index is 325. The summed E-state index contributed by atoms with van der Waals surface area (Å²) in [5.41, 5.74) is -0.0932. The molecule has 0 fully saturated rings. The molecule has 0 aromatic heterocycles. The Morgan fingerprint density at radius 2 is 1.80 bits per heavy atom. The van der Waals surface area contributed by atoms with Gasteiger partial charge in [-0.3, -0.25) is 0 Å². The van der Waals surface area contributed by atoms with Gasteiger partial charge in [0.15, 0.2) is 9.84 Å². The maximum Gasteiger partial charge on any atom is 0.158 e. The van der Waals surface area contributed by atoms with Crippen molar-refractivity contribution in [2.75, 3.05) is 5.75 Å². The zero-order chi connectivity index (χ0) is 12.3. The van der Waals surface area contributed by atoms with Gasteiger partial charge in [0.1, 0.15) is 5.25 Å². The van der Waals surface area contributed by atoms with Crippen molar-refractivity contribution < 1.29 is 13.6 Å². The smallest absolute Gasteiger partial charge is 0.158 e. The summed E-state index contributed by atoms with van der Waals surface area (Å²) < 4.78 is 23.6. The summed E-state index contributed by atoms with van der Waals surface area (Å²) in [5.74, 6) is 0.0700. The molecular weight excluding hydrogens is 214 g/mol. The lowest BCUT2D eigenvalue weighted by Gasteiger charge is -2.26. The van der Waals surface area contributed by atoms with Gasteiger partial charge in [-0.15, -0.1) is 0 Å². The third-order valence-corrected chi connectivity index (χ3v) is 4.62. The van der Waals surface area contributed by atoms with E-state index in [9.17, 15) is 8.42 Å². The molecule has 0 heterocycles. The molecule has 4 nitrogen and oxygen atoms in total. The molecule has 0 unspecified atom stereocenters. The molecule has 0 amide bonds. The molecular formula is C10H21NO3S. The number of nitrogens with zero attached hydrogens (tertiary/aromatic N) is 1. The third kappa shape index (κ3) is 3.48. The molecule has 0 spiro atoms. The fourth-order valence-electron chi connectivity index (χ4n) is 1.52. The highest BCUT2D eigenvalue weighted by Gasteiger charge is 2.34. The molecule has 5 heteroatoms. The van der Waals surface area contributed by atoms with Crippen molar-refractivity contribution in [3.05, 3.63) is 0 Å². The number of sulfone groups is 1. The summed E-state index contributed by atoms with van der Waals surface area (Å²) in [5, 5.41) is 11.5. The zero-order valence-corrected chi connectivity index (χ0v) is 10.9. The summed E-state index contributed by atoms with van der Waals surface area (Å²) in [6.07, 6.45) is 0.437. The second-order valence-corrected chi connectivity index (χ2v) is 7.06. The Morgan fingerprint density at radius 1 is 1.33 bits per heavy atom. The van der Waals surface area contributed by atoms with Gasteiger partial charge in [0, 0.05) is 11.2 Å². The maximum atomic E-state index is 11.8. The van der Waals surface area contributed by atoms with Crippen molar-refractivity contribution in [2.45, 2.75) is 46.3 Å². The van der Waals surface area contributed by atoms with Gasteiger partial charge < -0.3 is 5.21 Å². The molecule has 0 saturated heterocycles. The van der Waals surface area contributed by atoms with Crippen molar-refractivity contribution >= 4 is 15.5 Å². The first-order chi connectivity index (χ1) is 6.70. The summed E-state index contributed by atoms with van der Waals surface area (Å²) in [6.45, 7) is 8.92. The fraction of sp³-hybridized carbons (Fsp3) is 0.900. The van der Waals surface area contributed by atoms with Crippen molar-refractivity contribution in [1.82, 2.24) is 0 Å². The lowest BCUT2D eigenvalue weighted by molar-refractivity contribution is 0.308.